The highest BCUT2D eigenvalue weighted by Gasteiger charge is 2.11. The number of carbonyl (C=O) groups excluding carboxylic acids is 1. The van der Waals surface area contributed by atoms with Crippen LogP contribution < -0.4 is 14.8 Å². The van der Waals surface area contributed by atoms with Crippen molar-refractivity contribution >= 4 is 5.91 Å². The van der Waals surface area contributed by atoms with E-state index in [2.05, 4.69) is 15.5 Å². The highest BCUT2D eigenvalue weighted by Crippen LogP contribution is 2.18. The van der Waals surface area contributed by atoms with Gasteiger partial charge in [-0.3, -0.25) is 4.79 Å². The molecule has 0 radical (unpaired) electrons. The monoisotopic (exact) mass is 353 g/mol. The fourth-order valence-electron chi connectivity index (χ4n) is 2.30. The molecule has 0 atom stereocenters. The fraction of sp³-hybridized carbons (Fsp3) is 0.211. The van der Waals surface area contributed by atoms with Gasteiger partial charge in [-0.25, -0.2) is 0 Å². The molecule has 0 aliphatic rings. The standard InChI is InChI=1S/C19H19N3O4/c1-2-24-16-7-4-3-6-14(16)19(23)20-11-13-26-18-10-9-15(21-22-18)17-8-5-12-25-17/h3-10,12H,2,11,13H2,1H3,(H,20,23). The molecule has 0 fully saturated rings. The molecule has 7 heteroatoms. The molecule has 1 N–H and O–H groups in total. The zero-order valence-electron chi connectivity index (χ0n) is 14.3. The van der Waals surface area contributed by atoms with Crippen molar-refractivity contribution < 1.29 is 18.7 Å². The van der Waals surface area contributed by atoms with Crippen molar-refractivity contribution in [3.63, 3.8) is 0 Å². The van der Waals surface area contributed by atoms with Crippen LogP contribution in [0.15, 0.2) is 59.2 Å². The first-order valence-corrected chi connectivity index (χ1v) is 8.28. The van der Waals surface area contributed by atoms with Gasteiger partial charge in [0.05, 0.1) is 25.0 Å². The molecule has 0 bridgehead atoms. The molecule has 1 amide bonds. The van der Waals surface area contributed by atoms with E-state index in [0.717, 1.165) is 0 Å². The number of hydrogen-bond acceptors (Lipinski definition) is 6. The maximum atomic E-state index is 12.2. The molecule has 26 heavy (non-hydrogen) atoms. The van der Waals surface area contributed by atoms with Crippen LogP contribution >= 0.6 is 0 Å². The van der Waals surface area contributed by atoms with E-state index in [9.17, 15) is 4.79 Å². The zero-order valence-corrected chi connectivity index (χ0v) is 14.3. The first-order valence-electron chi connectivity index (χ1n) is 8.28. The first-order chi connectivity index (χ1) is 12.8. The molecule has 3 aromatic rings. The minimum atomic E-state index is -0.211. The number of rotatable bonds is 8. The summed E-state index contributed by atoms with van der Waals surface area (Å²) in [5, 5.41) is 10.8. The molecule has 7 nitrogen and oxygen atoms in total. The SMILES string of the molecule is CCOc1ccccc1C(=O)NCCOc1ccc(-c2ccco2)nn1. The lowest BCUT2D eigenvalue weighted by Crippen LogP contribution is -2.28. The lowest BCUT2D eigenvalue weighted by Gasteiger charge is -2.10. The molecule has 1 aromatic carbocycles. The van der Waals surface area contributed by atoms with Crippen molar-refractivity contribution in [3.05, 3.63) is 60.4 Å². The second kappa shape index (κ2) is 8.66. The molecule has 0 spiro atoms. The maximum absolute atomic E-state index is 12.2. The van der Waals surface area contributed by atoms with Crippen LogP contribution in [-0.2, 0) is 0 Å². The Labute approximate surface area is 151 Å². The number of para-hydroxylation sites is 1. The Hall–Kier alpha value is -3.35. The van der Waals surface area contributed by atoms with E-state index in [1.165, 1.54) is 0 Å². The van der Waals surface area contributed by atoms with Crippen LogP contribution in [0.2, 0.25) is 0 Å². The van der Waals surface area contributed by atoms with Gasteiger partial charge in [0.2, 0.25) is 5.88 Å². The van der Waals surface area contributed by atoms with Crippen molar-refractivity contribution in [1.82, 2.24) is 15.5 Å². The van der Waals surface area contributed by atoms with Crippen molar-refractivity contribution in [3.8, 4) is 23.1 Å². The summed E-state index contributed by atoms with van der Waals surface area (Å²) in [5.74, 6) is 1.37. The summed E-state index contributed by atoms with van der Waals surface area (Å²) in [6.07, 6.45) is 1.58. The van der Waals surface area contributed by atoms with Gasteiger partial charge in [0.25, 0.3) is 5.91 Å². The van der Waals surface area contributed by atoms with E-state index in [-0.39, 0.29) is 12.5 Å². The third-order valence-electron chi connectivity index (χ3n) is 3.48. The smallest absolute Gasteiger partial charge is 0.255 e. The third kappa shape index (κ3) is 4.38. The summed E-state index contributed by atoms with van der Waals surface area (Å²) in [6, 6.07) is 14.2. The van der Waals surface area contributed by atoms with Crippen LogP contribution in [0.3, 0.4) is 0 Å². The molecular weight excluding hydrogens is 334 g/mol. The van der Waals surface area contributed by atoms with E-state index in [1.807, 2.05) is 13.0 Å². The van der Waals surface area contributed by atoms with Gasteiger partial charge in [-0.2, -0.15) is 0 Å². The Kier molecular flexibility index (Phi) is 5.82. The van der Waals surface area contributed by atoms with Gasteiger partial charge in [-0.15, -0.1) is 10.2 Å². The molecular formula is C19H19N3O4. The highest BCUT2D eigenvalue weighted by molar-refractivity contribution is 5.96. The van der Waals surface area contributed by atoms with Crippen LogP contribution in [-0.4, -0.2) is 35.9 Å². The van der Waals surface area contributed by atoms with Crippen LogP contribution in [0.5, 0.6) is 11.6 Å². The molecule has 0 aliphatic heterocycles. The Morgan fingerprint density at radius 3 is 2.69 bits per heavy atom. The number of aromatic nitrogens is 2. The normalized spacial score (nSPS) is 10.3. The Bertz CT molecular complexity index is 832. The van der Waals surface area contributed by atoms with E-state index in [0.29, 0.717) is 41.8 Å². The summed E-state index contributed by atoms with van der Waals surface area (Å²) in [6.45, 7) is 2.99. The summed E-state index contributed by atoms with van der Waals surface area (Å²) in [7, 11) is 0. The highest BCUT2D eigenvalue weighted by atomic mass is 16.5. The molecule has 134 valence electrons. The molecule has 2 aromatic heterocycles. The average Bonchev–Trinajstić information content (AvgIpc) is 3.21. The quantitative estimate of drug-likeness (QED) is 0.627. The molecule has 0 unspecified atom stereocenters. The lowest BCUT2D eigenvalue weighted by molar-refractivity contribution is 0.0942. The molecule has 3 rings (SSSR count). The molecule has 0 aliphatic carbocycles. The van der Waals surface area contributed by atoms with E-state index in [1.54, 1.807) is 48.7 Å². The largest absolute Gasteiger partial charge is 0.493 e. The number of nitrogens with one attached hydrogen (secondary N) is 1. The van der Waals surface area contributed by atoms with Crippen molar-refractivity contribution in [1.29, 1.82) is 0 Å². The second-order valence-electron chi connectivity index (χ2n) is 5.27. The lowest BCUT2D eigenvalue weighted by atomic mass is 10.2. The van der Waals surface area contributed by atoms with Gasteiger partial charge in [0.15, 0.2) is 5.76 Å². The summed E-state index contributed by atoms with van der Waals surface area (Å²) >= 11 is 0. The second-order valence-corrected chi connectivity index (χ2v) is 5.27. The van der Waals surface area contributed by atoms with Crippen LogP contribution in [0.1, 0.15) is 17.3 Å². The number of furan rings is 1. The van der Waals surface area contributed by atoms with Crippen molar-refractivity contribution in [2.24, 2.45) is 0 Å². The minimum Gasteiger partial charge on any atom is -0.493 e. The summed E-state index contributed by atoms with van der Waals surface area (Å²) in [5.41, 5.74) is 1.13. The van der Waals surface area contributed by atoms with E-state index in [4.69, 9.17) is 13.9 Å². The molecule has 2 heterocycles. The summed E-state index contributed by atoms with van der Waals surface area (Å²) < 4.78 is 16.2. The van der Waals surface area contributed by atoms with Crippen molar-refractivity contribution in [2.75, 3.05) is 19.8 Å². The fourth-order valence-corrected chi connectivity index (χ4v) is 2.30. The van der Waals surface area contributed by atoms with Crippen LogP contribution in [0, 0.1) is 0 Å². The number of nitrogens with zero attached hydrogens (tertiary/aromatic N) is 2. The minimum absolute atomic E-state index is 0.211. The van der Waals surface area contributed by atoms with Gasteiger partial charge in [0.1, 0.15) is 18.1 Å². The van der Waals surface area contributed by atoms with Crippen molar-refractivity contribution in [2.45, 2.75) is 6.92 Å². The first kappa shape index (κ1) is 17.5. The number of benzene rings is 1. The average molecular weight is 353 g/mol. The van der Waals surface area contributed by atoms with E-state index < -0.39 is 0 Å². The van der Waals surface area contributed by atoms with Crippen LogP contribution in [0.25, 0.3) is 11.5 Å². The molecule has 0 saturated heterocycles. The summed E-state index contributed by atoms with van der Waals surface area (Å²) in [4.78, 5) is 12.2. The van der Waals surface area contributed by atoms with Gasteiger partial charge in [-0.1, -0.05) is 12.1 Å². The van der Waals surface area contributed by atoms with Gasteiger partial charge in [0, 0.05) is 6.07 Å². The Balaban J connectivity index is 1.47. The predicted octanol–water partition coefficient (Wildman–Crippen LogP) is 2.94. The topological polar surface area (TPSA) is 86.5 Å². The van der Waals surface area contributed by atoms with Gasteiger partial charge >= 0.3 is 0 Å². The Morgan fingerprint density at radius 1 is 1.08 bits per heavy atom. The van der Waals surface area contributed by atoms with E-state index >= 15 is 0 Å². The Morgan fingerprint density at radius 2 is 1.96 bits per heavy atom. The third-order valence-corrected chi connectivity index (χ3v) is 3.48. The number of amides is 1. The number of hydrogen-bond donors (Lipinski definition) is 1. The number of ether oxygens (including phenoxy) is 2. The van der Waals surface area contributed by atoms with Gasteiger partial charge in [-0.05, 0) is 37.3 Å². The van der Waals surface area contributed by atoms with Crippen LogP contribution in [0.4, 0.5) is 0 Å². The maximum Gasteiger partial charge on any atom is 0.255 e. The van der Waals surface area contributed by atoms with Gasteiger partial charge < -0.3 is 19.2 Å². The predicted molar refractivity (Wildman–Crippen MR) is 95.2 cm³/mol. The number of carbonyl (C=O) groups is 1. The molecule has 0 saturated carbocycles. The zero-order chi connectivity index (χ0) is 18.2.